The second-order valence-corrected chi connectivity index (χ2v) is 7.89. The lowest BCUT2D eigenvalue weighted by Crippen LogP contribution is -2.31. The highest BCUT2D eigenvalue weighted by Crippen LogP contribution is 2.34. The number of nitrogens with one attached hydrogen (secondary N) is 2. The molecule has 0 saturated carbocycles. The largest absolute Gasteiger partial charge is 0.491 e. The highest BCUT2D eigenvalue weighted by molar-refractivity contribution is 5.85. The molecule has 1 aliphatic carbocycles. The molecule has 0 radical (unpaired) electrons. The van der Waals surface area contributed by atoms with E-state index in [1.165, 1.54) is 16.6 Å². The summed E-state index contributed by atoms with van der Waals surface area (Å²) in [6.45, 7) is 4.03. The van der Waals surface area contributed by atoms with Gasteiger partial charge in [-0.15, -0.1) is 0 Å². The smallest absolute Gasteiger partial charge is 0.220 e. The van der Waals surface area contributed by atoms with Crippen LogP contribution in [0.1, 0.15) is 56.0 Å². The van der Waals surface area contributed by atoms with Crippen LogP contribution >= 0.6 is 0 Å². The number of fused-ring (bicyclic) bond motifs is 3. The van der Waals surface area contributed by atoms with Crippen molar-refractivity contribution >= 4 is 16.8 Å². The van der Waals surface area contributed by atoms with Crippen LogP contribution in [-0.2, 0) is 17.6 Å². The first-order valence-electron chi connectivity index (χ1n) is 10.2. The Morgan fingerprint density at radius 3 is 2.75 bits per heavy atom. The number of aromatic nitrogens is 1. The first-order chi connectivity index (χ1) is 13.6. The van der Waals surface area contributed by atoms with E-state index in [4.69, 9.17) is 4.74 Å². The number of aryl methyl sites for hydroxylation is 2. The van der Waals surface area contributed by atoms with Crippen molar-refractivity contribution in [3.05, 3.63) is 65.4 Å². The maximum Gasteiger partial charge on any atom is 0.220 e. The third-order valence-corrected chi connectivity index (χ3v) is 5.39. The standard InChI is InChI=1S/C24H28N2O2/c1-16(2)28-18-13-10-17(11-14-18)12-15-23(27)25-22-9-5-7-20-19-6-3-4-8-21(19)26-24(20)22/h3-4,6,8,10-11,13-14,16,22,26H,5,7,9,12,15H2,1-2H3,(H,25,27)/t22-/m1/s1. The van der Waals surface area contributed by atoms with Gasteiger partial charge in [0.15, 0.2) is 0 Å². The monoisotopic (exact) mass is 376 g/mol. The van der Waals surface area contributed by atoms with E-state index in [1.54, 1.807) is 0 Å². The predicted molar refractivity (Wildman–Crippen MR) is 113 cm³/mol. The lowest BCUT2D eigenvalue weighted by molar-refractivity contribution is -0.121. The molecule has 1 atom stereocenters. The number of carbonyl (C=O) groups is 1. The Morgan fingerprint density at radius 1 is 1.18 bits per heavy atom. The van der Waals surface area contributed by atoms with Crippen molar-refractivity contribution in [2.45, 2.75) is 58.1 Å². The third-order valence-electron chi connectivity index (χ3n) is 5.39. The normalized spacial score (nSPS) is 16.2. The molecule has 28 heavy (non-hydrogen) atoms. The number of rotatable bonds is 6. The number of hydrogen-bond acceptors (Lipinski definition) is 2. The number of benzene rings is 2. The minimum Gasteiger partial charge on any atom is -0.491 e. The van der Waals surface area contributed by atoms with Gasteiger partial charge >= 0.3 is 0 Å². The van der Waals surface area contributed by atoms with Crippen LogP contribution in [-0.4, -0.2) is 17.0 Å². The predicted octanol–water partition coefficient (Wildman–Crippen LogP) is 5.08. The second kappa shape index (κ2) is 8.09. The van der Waals surface area contributed by atoms with Gasteiger partial charge < -0.3 is 15.0 Å². The highest BCUT2D eigenvalue weighted by atomic mass is 16.5. The van der Waals surface area contributed by atoms with E-state index >= 15 is 0 Å². The number of carbonyl (C=O) groups excluding carboxylic acids is 1. The van der Waals surface area contributed by atoms with E-state index < -0.39 is 0 Å². The number of aromatic amines is 1. The summed E-state index contributed by atoms with van der Waals surface area (Å²) in [6.07, 6.45) is 4.58. The minimum atomic E-state index is 0.0884. The Balaban J connectivity index is 1.37. The SMILES string of the molecule is CC(C)Oc1ccc(CCC(=O)N[C@@H]2CCCc3c2[nH]c2ccccc32)cc1. The molecular formula is C24H28N2O2. The summed E-state index contributed by atoms with van der Waals surface area (Å²) in [5.41, 5.74) is 4.88. The summed E-state index contributed by atoms with van der Waals surface area (Å²) in [5, 5.41) is 4.54. The summed E-state index contributed by atoms with van der Waals surface area (Å²) in [4.78, 5) is 16.1. The van der Waals surface area contributed by atoms with Crippen LogP contribution < -0.4 is 10.1 Å². The Bertz CT molecular complexity index is 956. The third kappa shape index (κ3) is 4.06. The summed E-state index contributed by atoms with van der Waals surface area (Å²) >= 11 is 0. The maximum atomic E-state index is 12.6. The number of H-pyrrole nitrogens is 1. The fraction of sp³-hybridized carbons (Fsp3) is 0.375. The molecule has 4 nitrogen and oxygen atoms in total. The average Bonchev–Trinajstić information content (AvgIpc) is 3.07. The van der Waals surface area contributed by atoms with E-state index in [2.05, 4.69) is 34.6 Å². The van der Waals surface area contributed by atoms with Crippen molar-refractivity contribution in [3.63, 3.8) is 0 Å². The van der Waals surface area contributed by atoms with Crippen LogP contribution in [0.15, 0.2) is 48.5 Å². The first kappa shape index (κ1) is 18.6. The van der Waals surface area contributed by atoms with Crippen LogP contribution in [0.4, 0.5) is 0 Å². The van der Waals surface area contributed by atoms with Gasteiger partial charge in [0, 0.05) is 23.0 Å². The van der Waals surface area contributed by atoms with E-state index in [0.717, 1.165) is 42.5 Å². The van der Waals surface area contributed by atoms with Gasteiger partial charge in [-0.05, 0) is 68.9 Å². The topological polar surface area (TPSA) is 54.1 Å². The molecule has 0 aliphatic heterocycles. The Morgan fingerprint density at radius 2 is 1.96 bits per heavy atom. The van der Waals surface area contributed by atoms with Crippen LogP contribution in [0, 0.1) is 0 Å². The molecule has 1 heterocycles. The van der Waals surface area contributed by atoms with Gasteiger partial charge in [0.25, 0.3) is 0 Å². The Hall–Kier alpha value is -2.75. The summed E-state index contributed by atoms with van der Waals surface area (Å²) < 4.78 is 5.67. The fourth-order valence-corrected chi connectivity index (χ4v) is 4.09. The average molecular weight is 376 g/mol. The molecule has 2 aromatic carbocycles. The molecule has 0 unspecified atom stereocenters. The van der Waals surface area contributed by atoms with E-state index in [9.17, 15) is 4.79 Å². The van der Waals surface area contributed by atoms with Crippen molar-refractivity contribution < 1.29 is 9.53 Å². The van der Waals surface area contributed by atoms with Crippen molar-refractivity contribution in [1.29, 1.82) is 0 Å². The second-order valence-electron chi connectivity index (χ2n) is 7.89. The molecule has 146 valence electrons. The van der Waals surface area contributed by atoms with Gasteiger partial charge in [0.1, 0.15) is 5.75 Å². The van der Waals surface area contributed by atoms with Crippen LogP contribution in [0.2, 0.25) is 0 Å². The molecule has 0 fully saturated rings. The van der Waals surface area contributed by atoms with Crippen molar-refractivity contribution in [3.8, 4) is 5.75 Å². The lowest BCUT2D eigenvalue weighted by atomic mass is 9.91. The van der Waals surface area contributed by atoms with Gasteiger partial charge in [-0.3, -0.25) is 4.79 Å². The maximum absolute atomic E-state index is 12.6. The van der Waals surface area contributed by atoms with Crippen molar-refractivity contribution in [2.75, 3.05) is 0 Å². The Kier molecular flexibility index (Phi) is 5.38. The molecule has 1 aliphatic rings. The number of ether oxygens (including phenoxy) is 1. The van der Waals surface area contributed by atoms with Gasteiger partial charge in [0.2, 0.25) is 5.91 Å². The first-order valence-corrected chi connectivity index (χ1v) is 10.2. The van der Waals surface area contributed by atoms with Crippen molar-refractivity contribution in [2.24, 2.45) is 0 Å². The molecule has 4 rings (SSSR count). The zero-order chi connectivity index (χ0) is 19.5. The van der Waals surface area contributed by atoms with Crippen LogP contribution in [0.5, 0.6) is 5.75 Å². The van der Waals surface area contributed by atoms with Gasteiger partial charge in [-0.2, -0.15) is 0 Å². The minimum absolute atomic E-state index is 0.0884. The Labute approximate surface area is 166 Å². The van der Waals surface area contributed by atoms with Gasteiger partial charge in [-0.25, -0.2) is 0 Å². The zero-order valence-corrected chi connectivity index (χ0v) is 16.6. The molecule has 1 aromatic heterocycles. The van der Waals surface area contributed by atoms with Gasteiger partial charge in [-0.1, -0.05) is 30.3 Å². The van der Waals surface area contributed by atoms with Crippen molar-refractivity contribution in [1.82, 2.24) is 10.3 Å². The zero-order valence-electron chi connectivity index (χ0n) is 16.6. The molecule has 2 N–H and O–H groups in total. The summed E-state index contributed by atoms with van der Waals surface area (Å²) in [6, 6.07) is 16.5. The van der Waals surface area contributed by atoms with E-state index in [0.29, 0.717) is 6.42 Å². The molecule has 1 amide bonds. The fourth-order valence-electron chi connectivity index (χ4n) is 4.09. The molecule has 3 aromatic rings. The summed E-state index contributed by atoms with van der Waals surface area (Å²) in [7, 11) is 0. The number of amides is 1. The molecule has 0 saturated heterocycles. The van der Waals surface area contributed by atoms with Crippen LogP contribution in [0.25, 0.3) is 10.9 Å². The molecular weight excluding hydrogens is 348 g/mol. The molecule has 0 spiro atoms. The van der Waals surface area contributed by atoms with Gasteiger partial charge in [0.05, 0.1) is 12.1 Å². The van der Waals surface area contributed by atoms with Crippen LogP contribution in [0.3, 0.4) is 0 Å². The number of hydrogen-bond donors (Lipinski definition) is 2. The quantitative estimate of drug-likeness (QED) is 0.630. The van der Waals surface area contributed by atoms with E-state index in [1.807, 2.05) is 38.1 Å². The number of para-hydroxylation sites is 1. The molecule has 0 bridgehead atoms. The highest BCUT2D eigenvalue weighted by Gasteiger charge is 2.25. The summed E-state index contributed by atoms with van der Waals surface area (Å²) in [5.74, 6) is 0.982. The lowest BCUT2D eigenvalue weighted by Gasteiger charge is -2.24. The van der Waals surface area contributed by atoms with E-state index in [-0.39, 0.29) is 18.1 Å². The molecule has 4 heteroatoms.